The van der Waals surface area contributed by atoms with Gasteiger partial charge in [0.2, 0.25) is 5.91 Å². The number of carbonyl (C=O) groups is 1. The molecule has 0 bridgehead atoms. The first-order valence-corrected chi connectivity index (χ1v) is 5.38. The van der Waals surface area contributed by atoms with Crippen molar-refractivity contribution in [1.29, 1.82) is 0 Å². The van der Waals surface area contributed by atoms with Crippen molar-refractivity contribution >= 4 is 23.2 Å². The van der Waals surface area contributed by atoms with E-state index in [1.807, 2.05) is 6.92 Å². The van der Waals surface area contributed by atoms with Crippen molar-refractivity contribution in [2.45, 2.75) is 27.2 Å². The molecule has 16 heavy (non-hydrogen) atoms. The van der Waals surface area contributed by atoms with Gasteiger partial charge in [-0.05, 0) is 26.0 Å². The Hall–Kier alpha value is -1.42. The molecule has 0 unspecified atom stereocenters. The monoisotopic (exact) mass is 239 g/mol. The van der Waals surface area contributed by atoms with E-state index in [0.717, 1.165) is 5.69 Å². The van der Waals surface area contributed by atoms with Gasteiger partial charge in [-0.3, -0.25) is 9.78 Å². The molecule has 0 aliphatic rings. The van der Waals surface area contributed by atoms with Gasteiger partial charge in [-0.15, -0.1) is 0 Å². The molecular weight excluding hydrogens is 226 g/mol. The Bertz CT molecular complexity index is 409. The molecule has 4 nitrogen and oxygen atoms in total. The average molecular weight is 240 g/mol. The van der Waals surface area contributed by atoms with Crippen molar-refractivity contribution in [3.05, 3.63) is 28.5 Å². The normalized spacial score (nSPS) is 11.4. The lowest BCUT2D eigenvalue weighted by Gasteiger charge is -2.03. The molecule has 5 heteroatoms. The van der Waals surface area contributed by atoms with Crippen LogP contribution in [0.3, 0.4) is 0 Å². The van der Waals surface area contributed by atoms with Crippen LogP contribution in [0.25, 0.3) is 0 Å². The van der Waals surface area contributed by atoms with E-state index in [2.05, 4.69) is 15.5 Å². The fourth-order valence-electron chi connectivity index (χ4n) is 1.09. The Kier molecular flexibility index (Phi) is 4.43. The topological polar surface area (TPSA) is 54.4 Å². The second kappa shape index (κ2) is 5.61. The Morgan fingerprint density at radius 1 is 1.56 bits per heavy atom. The van der Waals surface area contributed by atoms with Crippen LogP contribution in [0.2, 0.25) is 5.02 Å². The highest BCUT2D eigenvalue weighted by Crippen LogP contribution is 2.11. The quantitative estimate of drug-likeness (QED) is 0.650. The zero-order chi connectivity index (χ0) is 12.1. The SMILES string of the molecule is CCC(=O)N/N=C(\C)c1cc(Cl)cc(C)n1. The number of amides is 1. The fraction of sp³-hybridized carbons (Fsp3) is 0.364. The molecule has 0 aliphatic carbocycles. The number of hydrogen-bond acceptors (Lipinski definition) is 3. The zero-order valence-electron chi connectivity index (χ0n) is 9.54. The highest BCUT2D eigenvalue weighted by atomic mass is 35.5. The Balaban J connectivity index is 2.87. The molecule has 1 aromatic rings. The molecule has 0 atom stereocenters. The molecule has 0 spiro atoms. The number of hydrazone groups is 1. The van der Waals surface area contributed by atoms with Crippen LogP contribution < -0.4 is 5.43 Å². The van der Waals surface area contributed by atoms with Gasteiger partial charge in [-0.2, -0.15) is 5.10 Å². The number of nitrogens with zero attached hydrogens (tertiary/aromatic N) is 2. The highest BCUT2D eigenvalue weighted by Gasteiger charge is 2.03. The van der Waals surface area contributed by atoms with Gasteiger partial charge in [0.05, 0.1) is 11.4 Å². The van der Waals surface area contributed by atoms with E-state index in [4.69, 9.17) is 11.6 Å². The van der Waals surface area contributed by atoms with Crippen molar-refractivity contribution in [2.75, 3.05) is 0 Å². The summed E-state index contributed by atoms with van der Waals surface area (Å²) in [6, 6.07) is 3.48. The van der Waals surface area contributed by atoms with E-state index in [9.17, 15) is 4.79 Å². The molecule has 0 saturated heterocycles. The summed E-state index contributed by atoms with van der Waals surface area (Å²) >= 11 is 5.90. The lowest BCUT2D eigenvalue weighted by atomic mass is 10.2. The zero-order valence-corrected chi connectivity index (χ0v) is 10.3. The van der Waals surface area contributed by atoms with Crippen LogP contribution in [0.5, 0.6) is 0 Å². The van der Waals surface area contributed by atoms with Crippen molar-refractivity contribution in [3.8, 4) is 0 Å². The average Bonchev–Trinajstić information content (AvgIpc) is 2.23. The second-order valence-electron chi connectivity index (χ2n) is 3.40. The van der Waals surface area contributed by atoms with Crippen LogP contribution in [-0.2, 0) is 4.79 Å². The third kappa shape index (κ3) is 3.62. The largest absolute Gasteiger partial charge is 0.273 e. The predicted octanol–water partition coefficient (Wildman–Crippen LogP) is 2.29. The first-order chi connectivity index (χ1) is 7.52. The molecule has 1 N–H and O–H groups in total. The van der Waals surface area contributed by atoms with Gasteiger partial charge < -0.3 is 0 Å². The number of hydrogen-bond donors (Lipinski definition) is 1. The van der Waals surface area contributed by atoms with Crippen LogP contribution in [0.1, 0.15) is 31.7 Å². The second-order valence-corrected chi connectivity index (χ2v) is 3.83. The van der Waals surface area contributed by atoms with Crippen molar-refractivity contribution in [1.82, 2.24) is 10.4 Å². The summed E-state index contributed by atoms with van der Waals surface area (Å²) < 4.78 is 0. The number of rotatable bonds is 3. The molecule has 1 amide bonds. The van der Waals surface area contributed by atoms with Crippen LogP contribution in [0.4, 0.5) is 0 Å². The molecule has 1 aromatic heterocycles. The van der Waals surface area contributed by atoms with Gasteiger partial charge >= 0.3 is 0 Å². The maximum atomic E-state index is 11.0. The molecule has 0 radical (unpaired) electrons. The highest BCUT2D eigenvalue weighted by molar-refractivity contribution is 6.31. The van der Waals surface area contributed by atoms with E-state index in [0.29, 0.717) is 22.8 Å². The first kappa shape index (κ1) is 12.6. The lowest BCUT2D eigenvalue weighted by molar-refractivity contribution is -0.120. The number of aryl methyl sites for hydroxylation is 1. The van der Waals surface area contributed by atoms with Gasteiger partial charge in [-0.1, -0.05) is 18.5 Å². The number of carbonyl (C=O) groups excluding carboxylic acids is 1. The molecule has 0 aromatic carbocycles. The Morgan fingerprint density at radius 2 is 2.25 bits per heavy atom. The summed E-state index contributed by atoms with van der Waals surface area (Å²) in [6.07, 6.45) is 0.402. The molecular formula is C11H14ClN3O. The number of nitrogens with one attached hydrogen (secondary N) is 1. The minimum Gasteiger partial charge on any atom is -0.273 e. The number of pyridine rings is 1. The molecule has 0 saturated carbocycles. The summed E-state index contributed by atoms with van der Waals surface area (Å²) in [5.74, 6) is -0.127. The minimum absolute atomic E-state index is 0.127. The molecule has 86 valence electrons. The number of halogens is 1. The Morgan fingerprint density at radius 3 is 2.81 bits per heavy atom. The van der Waals surface area contributed by atoms with Gasteiger partial charge in [-0.25, -0.2) is 5.43 Å². The van der Waals surface area contributed by atoms with Gasteiger partial charge in [0.1, 0.15) is 0 Å². The van der Waals surface area contributed by atoms with Gasteiger partial charge in [0, 0.05) is 17.1 Å². The van der Waals surface area contributed by atoms with E-state index in [1.165, 1.54) is 0 Å². The summed E-state index contributed by atoms with van der Waals surface area (Å²) in [5.41, 5.74) is 4.55. The minimum atomic E-state index is -0.127. The summed E-state index contributed by atoms with van der Waals surface area (Å²) in [4.78, 5) is 15.3. The first-order valence-electron chi connectivity index (χ1n) is 5.00. The smallest absolute Gasteiger partial charge is 0.239 e. The third-order valence-corrected chi connectivity index (χ3v) is 2.18. The molecule has 1 heterocycles. The standard InChI is InChI=1S/C11H14ClN3O/c1-4-11(16)15-14-8(3)10-6-9(12)5-7(2)13-10/h5-6H,4H2,1-3H3,(H,15,16)/b14-8+. The van der Waals surface area contributed by atoms with E-state index in [1.54, 1.807) is 26.0 Å². The fourth-order valence-corrected chi connectivity index (χ4v) is 1.36. The van der Waals surface area contributed by atoms with Crippen molar-refractivity contribution in [3.63, 3.8) is 0 Å². The third-order valence-electron chi connectivity index (χ3n) is 1.96. The summed E-state index contributed by atoms with van der Waals surface area (Å²) in [5, 5.41) is 4.55. The van der Waals surface area contributed by atoms with E-state index >= 15 is 0 Å². The van der Waals surface area contributed by atoms with Crippen molar-refractivity contribution < 1.29 is 4.79 Å². The van der Waals surface area contributed by atoms with E-state index < -0.39 is 0 Å². The van der Waals surface area contributed by atoms with Crippen LogP contribution in [-0.4, -0.2) is 16.6 Å². The van der Waals surface area contributed by atoms with Crippen LogP contribution in [0.15, 0.2) is 17.2 Å². The molecule has 0 aliphatic heterocycles. The lowest BCUT2D eigenvalue weighted by Crippen LogP contribution is -2.18. The maximum absolute atomic E-state index is 11.0. The predicted molar refractivity (Wildman–Crippen MR) is 64.6 cm³/mol. The van der Waals surface area contributed by atoms with Crippen LogP contribution in [0, 0.1) is 6.92 Å². The van der Waals surface area contributed by atoms with Gasteiger partial charge in [0.25, 0.3) is 0 Å². The number of aromatic nitrogens is 1. The summed E-state index contributed by atoms with van der Waals surface area (Å²) in [7, 11) is 0. The van der Waals surface area contributed by atoms with Crippen LogP contribution >= 0.6 is 11.6 Å². The van der Waals surface area contributed by atoms with E-state index in [-0.39, 0.29) is 5.91 Å². The molecule has 1 rings (SSSR count). The van der Waals surface area contributed by atoms with Gasteiger partial charge in [0.15, 0.2) is 0 Å². The van der Waals surface area contributed by atoms with Crippen molar-refractivity contribution in [2.24, 2.45) is 5.10 Å². The summed E-state index contributed by atoms with van der Waals surface area (Å²) in [6.45, 7) is 5.39. The molecule has 0 fully saturated rings. The maximum Gasteiger partial charge on any atom is 0.239 e. The Labute approximate surface area is 99.7 Å².